The van der Waals surface area contributed by atoms with E-state index in [9.17, 15) is 4.79 Å². The molecular formula is C14H29NO. The lowest BCUT2D eigenvalue weighted by Gasteiger charge is -2.22. The van der Waals surface area contributed by atoms with Crippen molar-refractivity contribution in [2.75, 3.05) is 0 Å². The fourth-order valence-corrected chi connectivity index (χ4v) is 1.96. The van der Waals surface area contributed by atoms with Gasteiger partial charge in [0.2, 0.25) is 0 Å². The van der Waals surface area contributed by atoms with E-state index in [1.165, 1.54) is 0 Å². The highest BCUT2D eigenvalue weighted by Gasteiger charge is 2.17. The number of Topliss-reactive ketones (excluding diaryl/α,β-unsaturated/α-hetero) is 1. The van der Waals surface area contributed by atoms with Gasteiger partial charge in [0, 0.05) is 18.9 Å². The van der Waals surface area contributed by atoms with E-state index in [0.717, 1.165) is 19.3 Å². The smallest absolute Gasteiger partial charge is 0.134 e. The maximum atomic E-state index is 11.6. The minimum atomic E-state index is 0.0338. The highest BCUT2D eigenvalue weighted by Crippen LogP contribution is 2.21. The Balaban J connectivity index is 3.71. The lowest BCUT2D eigenvalue weighted by atomic mass is 9.86. The molecule has 0 saturated heterocycles. The monoisotopic (exact) mass is 227 g/mol. The van der Waals surface area contributed by atoms with Gasteiger partial charge in [0.05, 0.1) is 0 Å². The van der Waals surface area contributed by atoms with Crippen LogP contribution in [-0.4, -0.2) is 11.8 Å². The summed E-state index contributed by atoms with van der Waals surface area (Å²) in [5, 5.41) is 0. The summed E-state index contributed by atoms with van der Waals surface area (Å²) in [7, 11) is 0. The molecule has 0 aromatic carbocycles. The van der Waals surface area contributed by atoms with E-state index in [4.69, 9.17) is 5.73 Å². The first-order chi connectivity index (χ1) is 7.20. The van der Waals surface area contributed by atoms with E-state index < -0.39 is 0 Å². The second kappa shape index (κ2) is 7.05. The summed E-state index contributed by atoms with van der Waals surface area (Å²) in [5.74, 6) is 1.02. The van der Waals surface area contributed by atoms with Crippen LogP contribution in [0.5, 0.6) is 0 Å². The average Bonchev–Trinajstić information content (AvgIpc) is 1.98. The van der Waals surface area contributed by atoms with Gasteiger partial charge in [-0.2, -0.15) is 0 Å². The van der Waals surface area contributed by atoms with Crippen molar-refractivity contribution in [1.82, 2.24) is 0 Å². The van der Waals surface area contributed by atoms with Crippen molar-refractivity contribution in [3.63, 3.8) is 0 Å². The largest absolute Gasteiger partial charge is 0.327 e. The van der Waals surface area contributed by atoms with Crippen LogP contribution in [0.3, 0.4) is 0 Å². The topological polar surface area (TPSA) is 43.1 Å². The molecule has 2 N–H and O–H groups in total. The van der Waals surface area contributed by atoms with E-state index in [1.54, 1.807) is 0 Å². The van der Waals surface area contributed by atoms with Gasteiger partial charge in [-0.25, -0.2) is 0 Å². The van der Waals surface area contributed by atoms with Gasteiger partial charge in [0.15, 0.2) is 0 Å². The number of hydrogen-bond acceptors (Lipinski definition) is 2. The third-order valence-corrected chi connectivity index (χ3v) is 2.60. The van der Waals surface area contributed by atoms with Crippen molar-refractivity contribution in [1.29, 1.82) is 0 Å². The first kappa shape index (κ1) is 15.6. The van der Waals surface area contributed by atoms with Crippen molar-refractivity contribution >= 4 is 5.78 Å². The maximum Gasteiger partial charge on any atom is 0.134 e. The number of nitrogens with two attached hydrogens (primary N) is 1. The zero-order valence-electron chi connectivity index (χ0n) is 11.7. The first-order valence-corrected chi connectivity index (χ1v) is 6.48. The molecule has 0 saturated carbocycles. The predicted molar refractivity (Wildman–Crippen MR) is 70.4 cm³/mol. The molecule has 0 aliphatic rings. The summed E-state index contributed by atoms with van der Waals surface area (Å²) < 4.78 is 0. The van der Waals surface area contributed by atoms with Crippen LogP contribution >= 0.6 is 0 Å². The van der Waals surface area contributed by atoms with Crippen LogP contribution in [0, 0.1) is 11.3 Å². The standard InChI is InChI=1S/C14H29NO/c1-11(2)7-6-8-13(16)9-12(15)10-14(3,4)5/h11-12H,6-10,15H2,1-5H3. The van der Waals surface area contributed by atoms with E-state index >= 15 is 0 Å². The summed E-state index contributed by atoms with van der Waals surface area (Å²) in [6, 6.07) is 0.0338. The lowest BCUT2D eigenvalue weighted by Crippen LogP contribution is -2.28. The molecule has 0 bridgehead atoms. The van der Waals surface area contributed by atoms with Gasteiger partial charge >= 0.3 is 0 Å². The first-order valence-electron chi connectivity index (χ1n) is 6.48. The Labute approximate surface area is 101 Å². The summed E-state index contributed by atoms with van der Waals surface area (Å²) in [6.45, 7) is 10.9. The molecule has 0 rings (SSSR count). The molecule has 1 atom stereocenters. The van der Waals surface area contributed by atoms with E-state index in [1.807, 2.05) is 0 Å². The van der Waals surface area contributed by atoms with Crippen LogP contribution in [0.4, 0.5) is 0 Å². The number of carbonyl (C=O) groups excluding carboxylic acids is 1. The van der Waals surface area contributed by atoms with E-state index in [2.05, 4.69) is 34.6 Å². The zero-order valence-corrected chi connectivity index (χ0v) is 11.7. The molecule has 0 aliphatic carbocycles. The van der Waals surface area contributed by atoms with Crippen LogP contribution in [-0.2, 0) is 4.79 Å². The molecule has 0 fully saturated rings. The predicted octanol–water partition coefficient (Wildman–Crippen LogP) is 3.54. The van der Waals surface area contributed by atoms with Gasteiger partial charge in [-0.1, -0.05) is 41.0 Å². The Hall–Kier alpha value is -0.370. The van der Waals surface area contributed by atoms with Gasteiger partial charge in [-0.05, 0) is 24.2 Å². The second-order valence-corrected chi connectivity index (χ2v) is 6.55. The third-order valence-electron chi connectivity index (χ3n) is 2.60. The number of ketones is 1. The minimum absolute atomic E-state index is 0.0338. The Kier molecular flexibility index (Phi) is 6.89. The van der Waals surface area contributed by atoms with E-state index in [-0.39, 0.29) is 11.5 Å². The lowest BCUT2D eigenvalue weighted by molar-refractivity contribution is -0.119. The van der Waals surface area contributed by atoms with Gasteiger partial charge in [0.1, 0.15) is 5.78 Å². The number of hydrogen-bond donors (Lipinski definition) is 1. The number of rotatable bonds is 7. The fraction of sp³-hybridized carbons (Fsp3) is 0.929. The van der Waals surface area contributed by atoms with Gasteiger partial charge in [-0.3, -0.25) is 4.79 Å². The van der Waals surface area contributed by atoms with Crippen molar-refractivity contribution in [3.05, 3.63) is 0 Å². The molecule has 0 aromatic heterocycles. The molecule has 0 aliphatic heterocycles. The van der Waals surface area contributed by atoms with Crippen LogP contribution in [0.2, 0.25) is 0 Å². The maximum absolute atomic E-state index is 11.6. The van der Waals surface area contributed by atoms with Crippen molar-refractivity contribution in [2.24, 2.45) is 17.1 Å². The Morgan fingerprint density at radius 2 is 1.81 bits per heavy atom. The SMILES string of the molecule is CC(C)CCCC(=O)CC(N)CC(C)(C)C. The molecule has 2 heteroatoms. The molecule has 2 nitrogen and oxygen atoms in total. The van der Waals surface area contributed by atoms with Gasteiger partial charge in [-0.15, -0.1) is 0 Å². The average molecular weight is 227 g/mol. The zero-order chi connectivity index (χ0) is 12.8. The molecule has 0 heterocycles. The highest BCUT2D eigenvalue weighted by molar-refractivity contribution is 5.78. The molecule has 16 heavy (non-hydrogen) atoms. The van der Waals surface area contributed by atoms with Gasteiger partial charge < -0.3 is 5.73 Å². The summed E-state index contributed by atoms with van der Waals surface area (Å²) in [4.78, 5) is 11.6. The summed E-state index contributed by atoms with van der Waals surface area (Å²) in [6.07, 6.45) is 4.33. The van der Waals surface area contributed by atoms with Gasteiger partial charge in [0.25, 0.3) is 0 Å². The van der Waals surface area contributed by atoms with Crippen LogP contribution in [0.1, 0.15) is 66.7 Å². The van der Waals surface area contributed by atoms with Crippen molar-refractivity contribution in [2.45, 2.75) is 72.8 Å². The molecular weight excluding hydrogens is 198 g/mol. The Morgan fingerprint density at radius 3 is 2.25 bits per heavy atom. The highest BCUT2D eigenvalue weighted by atomic mass is 16.1. The Bertz CT molecular complexity index is 203. The second-order valence-electron chi connectivity index (χ2n) is 6.55. The number of carbonyl (C=O) groups is 1. The minimum Gasteiger partial charge on any atom is -0.327 e. The quantitative estimate of drug-likeness (QED) is 0.723. The molecule has 96 valence electrons. The fourth-order valence-electron chi connectivity index (χ4n) is 1.96. The molecule has 0 aromatic rings. The normalized spacial score (nSPS) is 14.2. The summed E-state index contributed by atoms with van der Waals surface area (Å²) >= 11 is 0. The summed E-state index contributed by atoms with van der Waals surface area (Å²) in [5.41, 5.74) is 6.19. The van der Waals surface area contributed by atoms with Crippen LogP contribution < -0.4 is 5.73 Å². The molecule has 0 amide bonds. The van der Waals surface area contributed by atoms with Crippen LogP contribution in [0.15, 0.2) is 0 Å². The molecule has 0 radical (unpaired) electrons. The molecule has 0 spiro atoms. The van der Waals surface area contributed by atoms with Crippen LogP contribution in [0.25, 0.3) is 0 Å². The van der Waals surface area contributed by atoms with Crippen molar-refractivity contribution in [3.8, 4) is 0 Å². The van der Waals surface area contributed by atoms with Crippen molar-refractivity contribution < 1.29 is 4.79 Å². The Morgan fingerprint density at radius 1 is 1.25 bits per heavy atom. The third kappa shape index (κ3) is 10.2. The van der Waals surface area contributed by atoms with E-state index in [0.29, 0.717) is 24.5 Å². The molecule has 1 unspecified atom stereocenters.